The molecule has 0 aliphatic carbocycles. The summed E-state index contributed by atoms with van der Waals surface area (Å²) >= 11 is 3.42. The van der Waals surface area contributed by atoms with Crippen molar-refractivity contribution >= 4 is 27.5 Å². The van der Waals surface area contributed by atoms with E-state index in [9.17, 15) is 4.79 Å². The highest BCUT2D eigenvalue weighted by Gasteiger charge is 2.06. The Morgan fingerprint density at radius 1 is 1.27 bits per heavy atom. The molecule has 22 heavy (non-hydrogen) atoms. The van der Waals surface area contributed by atoms with Gasteiger partial charge in [-0.05, 0) is 37.0 Å². The van der Waals surface area contributed by atoms with Crippen molar-refractivity contribution in [1.82, 2.24) is 15.4 Å². The fourth-order valence-electron chi connectivity index (χ4n) is 1.85. The lowest BCUT2D eigenvalue weighted by atomic mass is 10.1. The largest absolute Gasteiger partial charge is 0.291 e. The molecule has 1 aromatic heterocycles. The zero-order valence-corrected chi connectivity index (χ0v) is 13.9. The van der Waals surface area contributed by atoms with Crippen molar-refractivity contribution in [1.29, 1.82) is 0 Å². The van der Waals surface area contributed by atoms with Crippen molar-refractivity contribution in [3.63, 3.8) is 0 Å². The fourth-order valence-corrected chi connectivity index (χ4v) is 2.12. The van der Waals surface area contributed by atoms with Gasteiger partial charge in [-0.25, -0.2) is 10.4 Å². The van der Waals surface area contributed by atoms with E-state index >= 15 is 0 Å². The lowest BCUT2D eigenvalue weighted by Crippen LogP contribution is -2.21. The number of carbonyl (C=O) groups excluding carboxylic acids is 1. The number of nitrogens with one attached hydrogen (secondary N) is 1. The molecule has 0 saturated carbocycles. The molecule has 0 bridgehead atoms. The quantitative estimate of drug-likeness (QED) is 0.634. The maximum absolute atomic E-state index is 11.9. The average molecular weight is 361 g/mol. The van der Waals surface area contributed by atoms with Crippen molar-refractivity contribution in [3.05, 3.63) is 58.6 Å². The summed E-state index contributed by atoms with van der Waals surface area (Å²) in [5.74, 6) is -0.345. The second-order valence-electron chi connectivity index (χ2n) is 4.69. The van der Waals surface area contributed by atoms with Gasteiger partial charge in [0.05, 0.1) is 6.20 Å². The van der Waals surface area contributed by atoms with Crippen LogP contribution in [0.3, 0.4) is 0 Å². The Morgan fingerprint density at radius 2 is 2.05 bits per heavy atom. The third-order valence-corrected chi connectivity index (χ3v) is 3.66. The highest BCUT2D eigenvalue weighted by molar-refractivity contribution is 9.10. The Morgan fingerprint density at radius 3 is 2.68 bits per heavy atom. The number of halogens is 1. The first-order valence-electron chi connectivity index (χ1n) is 7.05. The molecule has 0 atom stereocenters. The molecule has 6 heteroatoms. The van der Waals surface area contributed by atoms with Gasteiger partial charge in [0.1, 0.15) is 5.69 Å². The fraction of sp³-hybridized carbons (Fsp3) is 0.250. The van der Waals surface area contributed by atoms with Crippen LogP contribution >= 0.6 is 15.9 Å². The zero-order chi connectivity index (χ0) is 15.8. The van der Waals surface area contributed by atoms with Gasteiger partial charge in [-0.15, -0.1) is 0 Å². The number of aryl methyl sites for hydroxylation is 1. The third kappa shape index (κ3) is 5.04. The number of aromatic nitrogens is 2. The van der Waals surface area contributed by atoms with Crippen molar-refractivity contribution in [2.45, 2.75) is 26.2 Å². The van der Waals surface area contributed by atoms with Gasteiger partial charge >= 0.3 is 0 Å². The van der Waals surface area contributed by atoms with Crippen LogP contribution in [0.5, 0.6) is 0 Å². The Kier molecular flexibility index (Phi) is 6.21. The van der Waals surface area contributed by atoms with Gasteiger partial charge in [-0.3, -0.25) is 9.78 Å². The van der Waals surface area contributed by atoms with E-state index in [2.05, 4.69) is 48.6 Å². The lowest BCUT2D eigenvalue weighted by molar-refractivity contribution is 0.0949. The van der Waals surface area contributed by atoms with E-state index < -0.39 is 0 Å². The Labute approximate surface area is 138 Å². The summed E-state index contributed by atoms with van der Waals surface area (Å²) in [6, 6.07) is 8.20. The molecule has 1 amide bonds. The maximum Gasteiger partial charge on any atom is 0.291 e. The second-order valence-corrected chi connectivity index (χ2v) is 5.61. The first-order valence-corrected chi connectivity index (χ1v) is 7.84. The SMILES string of the molecule is CC/C(CCc1ccc(Br)cc1)=N\NC(=O)c1cnccn1. The van der Waals surface area contributed by atoms with E-state index in [4.69, 9.17) is 0 Å². The molecular weight excluding hydrogens is 344 g/mol. The Hall–Kier alpha value is -2.08. The van der Waals surface area contributed by atoms with Gasteiger partial charge in [0.15, 0.2) is 0 Å². The predicted octanol–water partition coefficient (Wildman–Crippen LogP) is 3.37. The Bertz CT molecular complexity index is 641. The summed E-state index contributed by atoms with van der Waals surface area (Å²) in [6.07, 6.45) is 6.90. The summed E-state index contributed by atoms with van der Waals surface area (Å²) in [5, 5.41) is 4.19. The molecule has 2 rings (SSSR count). The standard InChI is InChI=1S/C16H17BrN4O/c1-2-14(8-5-12-3-6-13(17)7-4-12)20-21-16(22)15-11-18-9-10-19-15/h3-4,6-7,9-11H,2,5,8H2,1H3,(H,21,22)/b20-14+. The smallest absolute Gasteiger partial charge is 0.265 e. The minimum Gasteiger partial charge on any atom is -0.265 e. The molecule has 1 heterocycles. The van der Waals surface area contributed by atoms with E-state index in [-0.39, 0.29) is 11.6 Å². The number of hydrogen-bond acceptors (Lipinski definition) is 4. The van der Waals surface area contributed by atoms with Crippen LogP contribution in [0.25, 0.3) is 0 Å². The molecular formula is C16H17BrN4O. The highest BCUT2D eigenvalue weighted by Crippen LogP contribution is 2.12. The van der Waals surface area contributed by atoms with Crippen molar-refractivity contribution < 1.29 is 4.79 Å². The van der Waals surface area contributed by atoms with Gasteiger partial charge < -0.3 is 0 Å². The average Bonchev–Trinajstić information content (AvgIpc) is 2.57. The van der Waals surface area contributed by atoms with Crippen LogP contribution in [0.2, 0.25) is 0 Å². The summed E-state index contributed by atoms with van der Waals surface area (Å²) in [5.41, 5.74) is 4.98. The molecule has 0 unspecified atom stereocenters. The number of nitrogens with zero attached hydrogens (tertiary/aromatic N) is 3. The van der Waals surface area contributed by atoms with Crippen LogP contribution in [-0.2, 0) is 6.42 Å². The number of hydrazone groups is 1. The van der Waals surface area contributed by atoms with E-state index in [0.29, 0.717) is 0 Å². The summed E-state index contributed by atoms with van der Waals surface area (Å²) in [4.78, 5) is 19.6. The summed E-state index contributed by atoms with van der Waals surface area (Å²) in [7, 11) is 0. The lowest BCUT2D eigenvalue weighted by Gasteiger charge is -2.05. The molecule has 0 aliphatic rings. The highest BCUT2D eigenvalue weighted by atomic mass is 79.9. The zero-order valence-electron chi connectivity index (χ0n) is 12.3. The molecule has 0 fully saturated rings. The van der Waals surface area contributed by atoms with Crippen LogP contribution in [-0.4, -0.2) is 21.6 Å². The molecule has 5 nitrogen and oxygen atoms in total. The van der Waals surface area contributed by atoms with Crippen LogP contribution in [0, 0.1) is 0 Å². The van der Waals surface area contributed by atoms with Crippen LogP contribution in [0.4, 0.5) is 0 Å². The molecule has 0 aliphatic heterocycles. The van der Waals surface area contributed by atoms with E-state index in [1.165, 1.54) is 24.2 Å². The molecule has 0 spiro atoms. The normalized spacial score (nSPS) is 11.3. The van der Waals surface area contributed by atoms with Gasteiger partial charge in [0.2, 0.25) is 0 Å². The van der Waals surface area contributed by atoms with Gasteiger partial charge in [0.25, 0.3) is 5.91 Å². The number of rotatable bonds is 6. The van der Waals surface area contributed by atoms with Gasteiger partial charge in [0, 0.05) is 22.6 Å². The number of benzene rings is 1. The first-order chi connectivity index (χ1) is 10.7. The number of amides is 1. The van der Waals surface area contributed by atoms with Crippen LogP contribution in [0.1, 0.15) is 35.8 Å². The van der Waals surface area contributed by atoms with Crippen molar-refractivity contribution in [3.8, 4) is 0 Å². The predicted molar refractivity (Wildman–Crippen MR) is 89.7 cm³/mol. The van der Waals surface area contributed by atoms with Crippen LogP contribution < -0.4 is 5.43 Å². The summed E-state index contributed by atoms with van der Waals surface area (Å²) < 4.78 is 1.07. The topological polar surface area (TPSA) is 67.2 Å². The van der Waals surface area contributed by atoms with Gasteiger partial charge in [-0.1, -0.05) is 35.0 Å². The van der Waals surface area contributed by atoms with E-state index in [1.54, 1.807) is 0 Å². The molecule has 0 saturated heterocycles. The minimum absolute atomic E-state index is 0.259. The second kappa shape index (κ2) is 8.38. The van der Waals surface area contributed by atoms with E-state index in [0.717, 1.165) is 29.4 Å². The maximum atomic E-state index is 11.9. The van der Waals surface area contributed by atoms with Gasteiger partial charge in [-0.2, -0.15) is 5.10 Å². The van der Waals surface area contributed by atoms with Crippen molar-refractivity contribution in [2.24, 2.45) is 5.10 Å². The molecule has 1 aromatic carbocycles. The molecule has 1 N–H and O–H groups in total. The molecule has 114 valence electrons. The van der Waals surface area contributed by atoms with Crippen LogP contribution in [0.15, 0.2) is 52.4 Å². The minimum atomic E-state index is -0.345. The number of hydrogen-bond donors (Lipinski definition) is 1. The van der Waals surface area contributed by atoms with E-state index in [1.807, 2.05) is 19.1 Å². The number of carbonyl (C=O) groups is 1. The first kappa shape index (κ1) is 16.3. The molecule has 2 aromatic rings. The summed E-state index contributed by atoms with van der Waals surface area (Å²) in [6.45, 7) is 2.02. The molecule has 0 radical (unpaired) electrons. The third-order valence-electron chi connectivity index (χ3n) is 3.14. The Balaban J connectivity index is 1.90. The van der Waals surface area contributed by atoms with Crippen molar-refractivity contribution in [2.75, 3.05) is 0 Å². The monoisotopic (exact) mass is 360 g/mol.